The molecule has 1 spiro atoms. The molecule has 0 radical (unpaired) electrons. The van der Waals surface area contributed by atoms with Gasteiger partial charge in [0.05, 0.1) is 6.04 Å². The minimum Gasteiger partial charge on any atom is -0.508 e. The van der Waals surface area contributed by atoms with E-state index in [1.807, 2.05) is 12.1 Å². The van der Waals surface area contributed by atoms with Gasteiger partial charge in [-0.25, -0.2) is 0 Å². The van der Waals surface area contributed by atoms with Crippen LogP contribution < -0.4 is 15.4 Å². The number of ether oxygens (including phenoxy) is 1. The van der Waals surface area contributed by atoms with Gasteiger partial charge in [0.1, 0.15) is 11.5 Å². The molecule has 2 fully saturated rings. The summed E-state index contributed by atoms with van der Waals surface area (Å²) >= 11 is 5.77. The Kier molecular flexibility index (Phi) is 4.84. The van der Waals surface area contributed by atoms with Crippen LogP contribution in [0, 0.1) is 18.8 Å². The Labute approximate surface area is 200 Å². The number of nitrogens with one attached hydrogen (secondary N) is 2. The van der Waals surface area contributed by atoms with E-state index in [1.165, 1.54) is 16.7 Å². The molecule has 1 aliphatic carbocycles. The van der Waals surface area contributed by atoms with E-state index in [0.29, 0.717) is 5.11 Å². The molecular formula is C28H28N2O2S. The number of hydrogen-bond donors (Lipinski definition) is 3. The fraction of sp³-hybridized carbons (Fsp3) is 0.321. The molecule has 5 atom stereocenters. The first-order chi connectivity index (χ1) is 16.1. The van der Waals surface area contributed by atoms with E-state index >= 15 is 0 Å². The van der Waals surface area contributed by atoms with E-state index in [-0.39, 0.29) is 29.5 Å². The van der Waals surface area contributed by atoms with E-state index in [9.17, 15) is 5.11 Å². The molecule has 0 amide bonds. The van der Waals surface area contributed by atoms with Crippen LogP contribution in [0.3, 0.4) is 0 Å². The fourth-order valence-electron chi connectivity index (χ4n) is 6.56. The summed E-state index contributed by atoms with van der Waals surface area (Å²) in [5, 5.41) is 18.3. The van der Waals surface area contributed by atoms with Gasteiger partial charge in [-0.3, -0.25) is 0 Å². The fourth-order valence-corrected chi connectivity index (χ4v) is 6.84. The highest BCUT2D eigenvalue weighted by Crippen LogP contribution is 2.58. The summed E-state index contributed by atoms with van der Waals surface area (Å²) in [6.45, 7) is 2.07. The van der Waals surface area contributed by atoms with Gasteiger partial charge < -0.3 is 20.5 Å². The average molecular weight is 457 g/mol. The van der Waals surface area contributed by atoms with Gasteiger partial charge >= 0.3 is 0 Å². The number of aromatic hydroxyl groups is 1. The van der Waals surface area contributed by atoms with Crippen molar-refractivity contribution in [2.45, 2.75) is 43.9 Å². The molecule has 0 bridgehead atoms. The molecule has 3 N–H and O–H groups in total. The zero-order chi connectivity index (χ0) is 22.6. The third kappa shape index (κ3) is 3.21. The van der Waals surface area contributed by atoms with Crippen LogP contribution in [-0.4, -0.2) is 15.9 Å². The van der Waals surface area contributed by atoms with Crippen molar-refractivity contribution in [3.05, 3.63) is 95.1 Å². The molecule has 1 saturated heterocycles. The van der Waals surface area contributed by atoms with Crippen molar-refractivity contribution in [3.63, 3.8) is 0 Å². The maximum Gasteiger partial charge on any atom is 0.191 e. The molecule has 6 rings (SSSR count). The lowest BCUT2D eigenvalue weighted by Crippen LogP contribution is -2.73. The lowest BCUT2D eigenvalue weighted by Gasteiger charge is -2.59. The van der Waals surface area contributed by atoms with Crippen molar-refractivity contribution in [2.75, 3.05) is 0 Å². The maximum absolute atomic E-state index is 10.5. The van der Waals surface area contributed by atoms with Crippen LogP contribution in [0.2, 0.25) is 0 Å². The van der Waals surface area contributed by atoms with Gasteiger partial charge in [-0.15, -0.1) is 0 Å². The van der Waals surface area contributed by atoms with Gasteiger partial charge in [-0.2, -0.15) is 0 Å². The largest absolute Gasteiger partial charge is 0.508 e. The zero-order valence-corrected chi connectivity index (χ0v) is 19.4. The summed E-state index contributed by atoms with van der Waals surface area (Å²) in [5.74, 6) is 1.54. The van der Waals surface area contributed by atoms with Crippen LogP contribution in [0.25, 0.3) is 0 Å². The van der Waals surface area contributed by atoms with Gasteiger partial charge in [-0.05, 0) is 54.7 Å². The second-order valence-electron chi connectivity index (χ2n) is 9.59. The molecule has 168 valence electrons. The van der Waals surface area contributed by atoms with Gasteiger partial charge in [0, 0.05) is 29.4 Å². The number of phenolic OH excluding ortho intramolecular Hbond substituents is 1. The molecule has 4 nitrogen and oxygen atoms in total. The first kappa shape index (κ1) is 20.5. The van der Waals surface area contributed by atoms with Crippen molar-refractivity contribution in [2.24, 2.45) is 11.8 Å². The van der Waals surface area contributed by atoms with E-state index in [4.69, 9.17) is 17.0 Å². The maximum atomic E-state index is 10.5. The number of fused-ring (bicyclic) bond motifs is 1. The number of hydrogen-bond acceptors (Lipinski definition) is 3. The number of phenols is 1. The monoisotopic (exact) mass is 456 g/mol. The third-order valence-corrected chi connectivity index (χ3v) is 7.99. The van der Waals surface area contributed by atoms with Gasteiger partial charge in [-0.1, -0.05) is 67.1 Å². The van der Waals surface area contributed by atoms with Gasteiger partial charge in [0.2, 0.25) is 0 Å². The number of benzene rings is 3. The third-order valence-electron chi connectivity index (χ3n) is 7.77. The molecule has 2 aliphatic heterocycles. The Morgan fingerprint density at radius 1 is 0.939 bits per heavy atom. The molecule has 5 heteroatoms. The Morgan fingerprint density at radius 3 is 2.33 bits per heavy atom. The van der Waals surface area contributed by atoms with Gasteiger partial charge in [0.25, 0.3) is 0 Å². The molecule has 1 saturated carbocycles. The molecule has 2 heterocycles. The quantitative estimate of drug-likeness (QED) is 0.441. The van der Waals surface area contributed by atoms with Crippen molar-refractivity contribution in [1.29, 1.82) is 0 Å². The highest BCUT2D eigenvalue weighted by molar-refractivity contribution is 7.80. The van der Waals surface area contributed by atoms with Crippen molar-refractivity contribution < 1.29 is 9.84 Å². The van der Waals surface area contributed by atoms with E-state index < -0.39 is 5.72 Å². The predicted molar refractivity (Wildman–Crippen MR) is 133 cm³/mol. The van der Waals surface area contributed by atoms with E-state index in [2.05, 4.69) is 72.2 Å². The van der Waals surface area contributed by atoms with Crippen LogP contribution >= 0.6 is 12.2 Å². The zero-order valence-electron chi connectivity index (χ0n) is 18.6. The molecule has 33 heavy (non-hydrogen) atoms. The first-order valence-electron chi connectivity index (χ1n) is 11.8. The topological polar surface area (TPSA) is 53.5 Å². The smallest absolute Gasteiger partial charge is 0.191 e. The SMILES string of the molecule is Cc1cc(O)cc2c1[C@H](c1ccccc1)[C@@H]1CCC[C@@H]3[C@H](c4ccccc4)NC(=S)N[C@]31O2. The van der Waals surface area contributed by atoms with Crippen molar-refractivity contribution in [1.82, 2.24) is 10.6 Å². The van der Waals surface area contributed by atoms with E-state index in [0.717, 1.165) is 30.6 Å². The average Bonchev–Trinajstić information content (AvgIpc) is 2.82. The summed E-state index contributed by atoms with van der Waals surface area (Å²) in [4.78, 5) is 0. The van der Waals surface area contributed by atoms with Crippen molar-refractivity contribution in [3.8, 4) is 11.5 Å². The Morgan fingerprint density at radius 2 is 1.61 bits per heavy atom. The summed E-state index contributed by atoms with van der Waals surface area (Å²) < 4.78 is 6.96. The molecule has 3 aliphatic rings. The molecular weight excluding hydrogens is 428 g/mol. The summed E-state index contributed by atoms with van der Waals surface area (Å²) in [6, 6.07) is 25.0. The van der Waals surface area contributed by atoms with E-state index in [1.54, 1.807) is 6.07 Å². The number of thiocarbonyl (C=S) groups is 1. The van der Waals surface area contributed by atoms with Crippen LogP contribution in [-0.2, 0) is 0 Å². The van der Waals surface area contributed by atoms with Crippen LogP contribution in [0.5, 0.6) is 11.5 Å². The molecule has 3 aromatic rings. The normalized spacial score (nSPS) is 30.0. The number of rotatable bonds is 2. The lowest BCUT2D eigenvalue weighted by atomic mass is 9.60. The van der Waals surface area contributed by atoms with Crippen LogP contribution in [0.15, 0.2) is 72.8 Å². The van der Waals surface area contributed by atoms with Crippen LogP contribution in [0.1, 0.15) is 53.5 Å². The summed E-state index contributed by atoms with van der Waals surface area (Å²) in [5.41, 5.74) is 4.10. The first-order valence-corrected chi connectivity index (χ1v) is 12.2. The molecule has 3 aromatic carbocycles. The molecule has 0 aromatic heterocycles. The van der Waals surface area contributed by atoms with Crippen LogP contribution in [0.4, 0.5) is 0 Å². The predicted octanol–water partition coefficient (Wildman–Crippen LogP) is 5.56. The summed E-state index contributed by atoms with van der Waals surface area (Å²) in [7, 11) is 0. The molecule has 0 unspecified atom stereocenters. The minimum atomic E-state index is -0.644. The highest BCUT2D eigenvalue weighted by Gasteiger charge is 2.61. The second-order valence-corrected chi connectivity index (χ2v) is 10.00. The number of aryl methyl sites for hydroxylation is 1. The highest BCUT2D eigenvalue weighted by atomic mass is 32.1. The van der Waals surface area contributed by atoms with Crippen molar-refractivity contribution >= 4 is 17.3 Å². The van der Waals surface area contributed by atoms with Gasteiger partial charge in [0.15, 0.2) is 10.8 Å². The Bertz CT molecular complexity index is 1200. The Balaban J connectivity index is 1.56. The minimum absolute atomic E-state index is 0.0686. The summed E-state index contributed by atoms with van der Waals surface area (Å²) in [6.07, 6.45) is 3.22. The lowest BCUT2D eigenvalue weighted by molar-refractivity contribution is -0.121. The Hall–Kier alpha value is -3.05. The second kappa shape index (κ2) is 7.77. The standard InChI is InChI=1S/C28H28N2O2S/c1-17-15-20(31)16-23-24(17)25(18-9-4-2-5-10-18)21-13-8-14-22-26(19-11-6-3-7-12-19)29-27(33)30-28(21,22)32-23/h2-7,9-12,15-16,21-22,25-26,31H,8,13-14H2,1H3,(H2,29,30,33)/t21-,22+,25+,26-,28+/m0/s1.